The molecule has 18 heavy (non-hydrogen) atoms. The molecule has 1 aliphatic heterocycles. The largest absolute Gasteiger partial charge is 0.496 e. The van der Waals surface area contributed by atoms with Crippen molar-refractivity contribution in [2.75, 3.05) is 20.8 Å². The number of aliphatic hydroxyl groups excluding tert-OH is 1. The fourth-order valence-corrected chi connectivity index (χ4v) is 2.80. The van der Waals surface area contributed by atoms with Gasteiger partial charge in [0, 0.05) is 11.6 Å². The average molecular weight is 316 g/mol. The van der Waals surface area contributed by atoms with Gasteiger partial charge in [-0.25, -0.2) is 0 Å². The summed E-state index contributed by atoms with van der Waals surface area (Å²) in [5, 5.41) is 13.7. The monoisotopic (exact) mass is 315 g/mol. The van der Waals surface area contributed by atoms with Gasteiger partial charge in [0.25, 0.3) is 0 Å². The summed E-state index contributed by atoms with van der Waals surface area (Å²) < 4.78 is 11.4. The molecule has 2 N–H and O–H groups in total. The van der Waals surface area contributed by atoms with Crippen LogP contribution in [0, 0.1) is 0 Å². The molecular formula is C13H18BrNO3. The van der Waals surface area contributed by atoms with E-state index in [-0.39, 0.29) is 6.04 Å². The molecule has 2 rings (SSSR count). The molecule has 100 valence electrons. The second-order valence-electron chi connectivity index (χ2n) is 4.38. The van der Waals surface area contributed by atoms with Gasteiger partial charge in [0.05, 0.1) is 24.8 Å². The Morgan fingerprint density at radius 1 is 1.33 bits per heavy atom. The first-order chi connectivity index (χ1) is 8.67. The first kappa shape index (κ1) is 13.6. The Bertz CT molecular complexity index is 419. The highest BCUT2D eigenvalue weighted by atomic mass is 79.9. The number of ether oxygens (including phenoxy) is 2. The summed E-state index contributed by atoms with van der Waals surface area (Å²) in [6.45, 7) is 0.956. The van der Waals surface area contributed by atoms with Crippen LogP contribution in [0.5, 0.6) is 11.5 Å². The van der Waals surface area contributed by atoms with Crippen molar-refractivity contribution < 1.29 is 14.6 Å². The SMILES string of the molecule is COc1cc(C(O)C2CCCN2)c(OC)cc1Br. The van der Waals surface area contributed by atoms with Crippen LogP contribution in [0.1, 0.15) is 24.5 Å². The lowest BCUT2D eigenvalue weighted by molar-refractivity contribution is 0.133. The first-order valence-electron chi connectivity index (χ1n) is 6.00. The smallest absolute Gasteiger partial charge is 0.133 e. The van der Waals surface area contributed by atoms with E-state index in [9.17, 15) is 5.11 Å². The third-order valence-electron chi connectivity index (χ3n) is 3.30. The second-order valence-corrected chi connectivity index (χ2v) is 5.23. The van der Waals surface area contributed by atoms with E-state index in [1.165, 1.54) is 0 Å². The predicted molar refractivity (Wildman–Crippen MR) is 73.2 cm³/mol. The van der Waals surface area contributed by atoms with Crippen LogP contribution in [0.25, 0.3) is 0 Å². The highest BCUT2D eigenvalue weighted by Crippen LogP contribution is 2.37. The van der Waals surface area contributed by atoms with E-state index < -0.39 is 6.10 Å². The Hall–Kier alpha value is -0.780. The van der Waals surface area contributed by atoms with Crippen LogP contribution in [0.15, 0.2) is 16.6 Å². The maximum atomic E-state index is 10.4. The maximum absolute atomic E-state index is 10.4. The van der Waals surface area contributed by atoms with Gasteiger partial charge < -0.3 is 19.9 Å². The van der Waals surface area contributed by atoms with E-state index in [2.05, 4.69) is 21.2 Å². The molecule has 0 bridgehead atoms. The number of hydrogen-bond acceptors (Lipinski definition) is 4. The number of nitrogens with one attached hydrogen (secondary N) is 1. The summed E-state index contributed by atoms with van der Waals surface area (Å²) in [5.74, 6) is 1.37. The fourth-order valence-electron chi connectivity index (χ4n) is 2.31. The molecule has 1 heterocycles. The highest BCUT2D eigenvalue weighted by Gasteiger charge is 2.27. The van der Waals surface area contributed by atoms with Crippen molar-refractivity contribution in [1.82, 2.24) is 5.32 Å². The van der Waals surface area contributed by atoms with Crippen LogP contribution in [0.2, 0.25) is 0 Å². The lowest BCUT2D eigenvalue weighted by Crippen LogP contribution is -2.29. The fraction of sp³-hybridized carbons (Fsp3) is 0.538. The normalized spacial score (nSPS) is 20.8. The van der Waals surface area contributed by atoms with Gasteiger partial charge in [0.15, 0.2) is 0 Å². The topological polar surface area (TPSA) is 50.7 Å². The van der Waals surface area contributed by atoms with Crippen LogP contribution in [-0.2, 0) is 0 Å². The molecule has 0 radical (unpaired) electrons. The second kappa shape index (κ2) is 5.91. The van der Waals surface area contributed by atoms with Crippen molar-refractivity contribution in [3.05, 3.63) is 22.2 Å². The number of hydrogen-bond donors (Lipinski definition) is 2. The predicted octanol–water partition coefficient (Wildman–Crippen LogP) is 2.25. The van der Waals surface area contributed by atoms with Crippen LogP contribution < -0.4 is 14.8 Å². The summed E-state index contributed by atoms with van der Waals surface area (Å²) in [4.78, 5) is 0. The molecule has 2 unspecified atom stereocenters. The summed E-state index contributed by atoms with van der Waals surface area (Å²) in [6.07, 6.45) is 1.49. The lowest BCUT2D eigenvalue weighted by Gasteiger charge is -2.22. The molecular weight excluding hydrogens is 298 g/mol. The third kappa shape index (κ3) is 2.63. The van der Waals surface area contributed by atoms with Gasteiger partial charge >= 0.3 is 0 Å². The van der Waals surface area contributed by atoms with Crippen LogP contribution in [-0.4, -0.2) is 31.9 Å². The Morgan fingerprint density at radius 3 is 2.61 bits per heavy atom. The quantitative estimate of drug-likeness (QED) is 0.895. The van der Waals surface area contributed by atoms with Crippen LogP contribution in [0.4, 0.5) is 0 Å². The van der Waals surface area contributed by atoms with Crippen LogP contribution in [0.3, 0.4) is 0 Å². The van der Waals surface area contributed by atoms with Crippen molar-refractivity contribution >= 4 is 15.9 Å². The minimum absolute atomic E-state index is 0.0878. The summed E-state index contributed by atoms with van der Waals surface area (Å²) in [7, 11) is 3.21. The Kier molecular flexibility index (Phi) is 4.48. The number of rotatable bonds is 4. The zero-order valence-electron chi connectivity index (χ0n) is 10.6. The number of halogens is 1. The molecule has 0 aromatic heterocycles. The van der Waals surface area contributed by atoms with Gasteiger partial charge in [0.1, 0.15) is 11.5 Å². The summed E-state index contributed by atoms with van der Waals surface area (Å²) in [5.41, 5.74) is 0.761. The van der Waals surface area contributed by atoms with E-state index in [0.717, 1.165) is 29.4 Å². The molecule has 0 saturated carbocycles. The van der Waals surface area contributed by atoms with Gasteiger partial charge in [-0.15, -0.1) is 0 Å². The summed E-state index contributed by atoms with van der Waals surface area (Å²) >= 11 is 3.41. The molecule has 1 fully saturated rings. The molecule has 1 saturated heterocycles. The van der Waals surface area contributed by atoms with Gasteiger partial charge in [-0.2, -0.15) is 0 Å². The molecule has 1 aliphatic rings. The Morgan fingerprint density at radius 2 is 2.06 bits per heavy atom. The Balaban J connectivity index is 2.34. The van der Waals surface area contributed by atoms with Gasteiger partial charge in [-0.05, 0) is 47.4 Å². The number of aliphatic hydroxyl groups is 1. The van der Waals surface area contributed by atoms with Crippen molar-refractivity contribution in [3.63, 3.8) is 0 Å². The molecule has 0 spiro atoms. The van der Waals surface area contributed by atoms with Gasteiger partial charge in [-0.3, -0.25) is 0 Å². The van der Waals surface area contributed by atoms with E-state index in [1.54, 1.807) is 14.2 Å². The Labute approximate surface area is 115 Å². The zero-order chi connectivity index (χ0) is 13.1. The minimum atomic E-state index is -0.579. The van der Waals surface area contributed by atoms with E-state index in [4.69, 9.17) is 9.47 Å². The molecule has 4 nitrogen and oxygen atoms in total. The van der Waals surface area contributed by atoms with E-state index in [0.29, 0.717) is 11.5 Å². The van der Waals surface area contributed by atoms with Crippen molar-refractivity contribution in [2.45, 2.75) is 25.0 Å². The molecule has 0 aliphatic carbocycles. The molecule has 2 atom stereocenters. The maximum Gasteiger partial charge on any atom is 0.133 e. The first-order valence-corrected chi connectivity index (χ1v) is 6.79. The van der Waals surface area contributed by atoms with Crippen LogP contribution >= 0.6 is 15.9 Å². The molecule has 0 amide bonds. The molecule has 1 aromatic rings. The number of methoxy groups -OCH3 is 2. The van der Waals surface area contributed by atoms with Gasteiger partial charge in [-0.1, -0.05) is 0 Å². The number of benzene rings is 1. The summed E-state index contributed by atoms with van der Waals surface area (Å²) in [6, 6.07) is 3.74. The minimum Gasteiger partial charge on any atom is -0.496 e. The molecule has 5 heteroatoms. The van der Waals surface area contributed by atoms with E-state index in [1.807, 2.05) is 12.1 Å². The van der Waals surface area contributed by atoms with Crippen molar-refractivity contribution in [2.24, 2.45) is 0 Å². The van der Waals surface area contributed by atoms with Crippen molar-refractivity contribution in [1.29, 1.82) is 0 Å². The van der Waals surface area contributed by atoms with Gasteiger partial charge in [0.2, 0.25) is 0 Å². The highest BCUT2D eigenvalue weighted by molar-refractivity contribution is 9.10. The molecule has 1 aromatic carbocycles. The standard InChI is InChI=1S/C13H18BrNO3/c1-17-11-7-9(14)12(18-2)6-8(11)13(16)10-4-3-5-15-10/h6-7,10,13,15-16H,3-5H2,1-2H3. The lowest BCUT2D eigenvalue weighted by atomic mass is 10.00. The zero-order valence-corrected chi connectivity index (χ0v) is 12.2. The van der Waals surface area contributed by atoms with Crippen molar-refractivity contribution in [3.8, 4) is 11.5 Å². The third-order valence-corrected chi connectivity index (χ3v) is 3.92. The van der Waals surface area contributed by atoms with E-state index >= 15 is 0 Å². The average Bonchev–Trinajstić information content (AvgIpc) is 2.91.